The van der Waals surface area contributed by atoms with Gasteiger partial charge in [-0.1, -0.05) is 310 Å². The van der Waals surface area contributed by atoms with Crippen molar-refractivity contribution in [3.05, 3.63) is 367 Å². The molecule has 7 heteroatoms. The molecule has 6 nitrogen and oxygen atoms in total. The Morgan fingerprint density at radius 2 is 0.626 bits per heavy atom. The number of para-hydroxylation sites is 5. The third-order valence-corrected chi connectivity index (χ3v) is 26.0. The Bertz CT molecular complexity index is 8300. The van der Waals surface area contributed by atoms with E-state index in [0.717, 1.165) is 138 Å². The predicted molar refractivity (Wildman–Crippen MR) is 528 cm³/mol. The molecule has 123 heavy (non-hydrogen) atoms. The van der Waals surface area contributed by atoms with Crippen molar-refractivity contribution >= 4 is 144 Å². The molecular weight excluding hydrogens is 1490 g/mol. The van der Waals surface area contributed by atoms with Crippen molar-refractivity contribution in [2.45, 2.75) is 131 Å². The lowest BCUT2D eigenvalue weighted by atomic mass is 9.33. The summed E-state index contributed by atoms with van der Waals surface area (Å²) >= 11 is 0. The molecule has 0 amide bonds. The minimum absolute atomic E-state index is 0.0463. The van der Waals surface area contributed by atoms with Crippen molar-refractivity contribution in [2.75, 3.05) is 9.80 Å². The Labute approximate surface area is 740 Å². The number of hydrogen-bond donors (Lipinski definition) is 0. The fourth-order valence-electron chi connectivity index (χ4n) is 19.7. The first-order chi connectivity index (χ1) is 64.6. The molecule has 22 rings (SSSR count). The van der Waals surface area contributed by atoms with Gasteiger partial charge < -0.3 is 28.1 Å². The van der Waals surface area contributed by atoms with Crippen molar-refractivity contribution in [1.82, 2.24) is 18.3 Å². The van der Waals surface area contributed by atoms with Crippen LogP contribution in [-0.2, 0) is 27.1 Å². The van der Waals surface area contributed by atoms with Crippen LogP contribution in [0.5, 0.6) is 0 Å². The number of benzene rings is 16. The average Bonchev–Trinajstić information content (AvgIpc) is 0.786. The minimum atomic E-state index is -0.776. The van der Waals surface area contributed by atoms with E-state index in [1.54, 1.807) is 4.57 Å². The van der Waals surface area contributed by atoms with Crippen LogP contribution in [0.3, 0.4) is 0 Å². The summed E-state index contributed by atoms with van der Waals surface area (Å²) in [6, 6.07) is 86.8. The first-order valence-electron chi connectivity index (χ1n) is 49.3. The summed E-state index contributed by atoms with van der Waals surface area (Å²) < 4.78 is 135. The first kappa shape index (κ1) is 62.5. The van der Waals surface area contributed by atoms with E-state index in [1.165, 1.54) is 22.3 Å². The van der Waals surface area contributed by atoms with Gasteiger partial charge in [-0.15, -0.1) is 0 Å². The molecule has 0 spiro atoms. The van der Waals surface area contributed by atoms with Gasteiger partial charge in [0.2, 0.25) is 0 Å². The first-order valence-corrected chi connectivity index (χ1v) is 42.8. The van der Waals surface area contributed by atoms with E-state index >= 15 is 0 Å². The molecule has 0 fully saturated rings. The summed E-state index contributed by atoms with van der Waals surface area (Å²) in [6.45, 7) is 32.9. The molecule has 0 atom stereocenters. The number of hydrogen-bond acceptors (Lipinski definition) is 2. The summed E-state index contributed by atoms with van der Waals surface area (Å²) in [5.74, 6) is 0. The number of anilines is 6. The number of nitrogens with zero attached hydrogens (tertiary/aromatic N) is 6. The smallest absolute Gasteiger partial charge is 0.252 e. The summed E-state index contributed by atoms with van der Waals surface area (Å²) in [6.07, 6.45) is 0. The zero-order valence-electron chi connectivity index (χ0n) is 85.1. The van der Waals surface area contributed by atoms with E-state index < -0.39 is 90.7 Å². The predicted octanol–water partition coefficient (Wildman–Crippen LogP) is 29.6. The molecule has 2 aliphatic heterocycles. The van der Waals surface area contributed by atoms with Gasteiger partial charge in [0, 0.05) is 94.0 Å². The molecule has 598 valence electrons. The highest BCUT2D eigenvalue weighted by atomic mass is 15.2. The van der Waals surface area contributed by atoms with Gasteiger partial charge in [-0.3, -0.25) is 0 Å². The van der Waals surface area contributed by atoms with E-state index in [9.17, 15) is 17.8 Å². The lowest BCUT2D eigenvalue weighted by Gasteiger charge is -2.45. The second-order valence-electron chi connectivity index (χ2n) is 38.8. The molecule has 16 aromatic carbocycles. The van der Waals surface area contributed by atoms with E-state index in [1.807, 2.05) is 60.7 Å². The molecule has 6 heterocycles. The number of fused-ring (bicyclic) bond motifs is 16. The van der Waals surface area contributed by atoms with Gasteiger partial charge in [0.05, 0.1) is 79.0 Å². The maximum Gasteiger partial charge on any atom is 0.252 e. The average molecular weight is 1600 g/mol. The molecule has 0 saturated carbocycles. The molecule has 0 unspecified atom stereocenters. The van der Waals surface area contributed by atoms with Crippen molar-refractivity contribution < 1.29 is 17.8 Å². The summed E-state index contributed by atoms with van der Waals surface area (Å²) in [5.41, 5.74) is 23.2. The Morgan fingerprint density at radius 3 is 1.08 bits per heavy atom. The Hall–Kier alpha value is -13.6. The lowest BCUT2D eigenvalue weighted by molar-refractivity contribution is 0.590. The van der Waals surface area contributed by atoms with Crippen LogP contribution in [-0.4, -0.2) is 25.0 Å². The van der Waals surface area contributed by atoms with Crippen LogP contribution in [0.15, 0.2) is 339 Å². The van der Waals surface area contributed by atoms with Crippen LogP contribution >= 0.6 is 0 Å². The van der Waals surface area contributed by atoms with Crippen LogP contribution in [0.2, 0.25) is 0 Å². The van der Waals surface area contributed by atoms with Crippen LogP contribution in [0.25, 0.3) is 143 Å². The third kappa shape index (κ3) is 12.0. The quantitative estimate of drug-likeness (QED) is 0.135. The highest BCUT2D eigenvalue weighted by molar-refractivity contribution is 7.00. The van der Waals surface area contributed by atoms with Gasteiger partial charge in [0.25, 0.3) is 6.71 Å². The SMILES string of the molecule is [2H]c1c([2H])c([2H])c(-c2cc3c4c(c2)N(c2cccc5c6cccc(-n7c8ccc(C(C)(C)C)cc8c8cc(C(C)(C)C)ccc87)c6n(-c6ccccc6)c25)c2cc(-n5c6ccc(C(C)(C)C)cc6c6cc(C(C)(C)C)ccc65)ccc2B4c2ccc(-n4c5c([2H])c([2H])c([2H])c([2H])c5c5c([2H])c([2H])c([2H])c([2H])c54)cc2N3c2c(-c3ccccc3)cc(C(C)(C)C)cc2-c2ccccc2)c([2H])c1[2H]. The molecule has 0 radical (unpaired) electrons. The molecular formula is C116H101BN6. The summed E-state index contributed by atoms with van der Waals surface area (Å²) in [7, 11) is 0. The molecule has 0 N–H and O–H groups in total. The standard InChI is InChI=1S/C116H101BN6/c1-112(2,3)76-50-58-98-90(64-76)91-65-77(113(4,5)6)51-59-99(91)119(98)82-54-56-94-104(70-82)122(103-49-33-45-87-86-44-32-48-102(110(86)120(111(87)103)81-40-26-19-27-41-81)121-100-60-52-78(114(7,8)9)66-92(100)93-67-79(115(10,11)12)53-61-101(93)121)106-62-75(72-34-20-16-21-35-72)63-107-108(106)117(94)95-57-55-83(118-96-46-30-28-42-84(96)85-43-29-31-47-97(85)118)71-105(95)123(107)109-88(73-36-22-17-23-37-73)68-80(116(13,14)15)69-89(109)74-38-24-18-25-39-74/h16-71H,1-15H3/i16D,20D,21D,28D,29D,30D,31D,34D,35D,42D,43D,46D,47D. The second-order valence-corrected chi connectivity index (χ2v) is 38.8. The van der Waals surface area contributed by atoms with Crippen LogP contribution in [0.1, 0.15) is 149 Å². The van der Waals surface area contributed by atoms with E-state index in [2.05, 4.69) is 328 Å². The summed E-state index contributed by atoms with van der Waals surface area (Å²) in [5, 5.41) is 6.23. The second kappa shape index (κ2) is 27.4. The molecule has 4 aromatic heterocycles. The third-order valence-electron chi connectivity index (χ3n) is 26.0. The Morgan fingerprint density at radius 1 is 0.236 bits per heavy atom. The van der Waals surface area contributed by atoms with Crippen molar-refractivity contribution in [3.8, 4) is 56.1 Å². The molecule has 2 aliphatic rings. The van der Waals surface area contributed by atoms with Gasteiger partial charge in [0.15, 0.2) is 0 Å². The largest absolute Gasteiger partial charge is 0.310 e. The van der Waals surface area contributed by atoms with Crippen LogP contribution in [0, 0.1) is 0 Å². The maximum absolute atomic E-state index is 10.4. The van der Waals surface area contributed by atoms with E-state index in [-0.39, 0.29) is 49.0 Å². The van der Waals surface area contributed by atoms with E-state index in [0.29, 0.717) is 34.0 Å². The topological polar surface area (TPSA) is 26.2 Å². The summed E-state index contributed by atoms with van der Waals surface area (Å²) in [4.78, 5) is 4.64. The van der Waals surface area contributed by atoms with Gasteiger partial charge in [-0.05, 0) is 227 Å². The number of rotatable bonds is 9. The molecule has 0 saturated heterocycles. The number of aromatic nitrogens is 4. The zero-order chi connectivity index (χ0) is 95.5. The lowest BCUT2D eigenvalue weighted by Crippen LogP contribution is -2.61. The fraction of sp³-hybridized carbons (Fsp3) is 0.172. The van der Waals surface area contributed by atoms with E-state index in [4.69, 9.17) is 0 Å². The highest BCUT2D eigenvalue weighted by Gasteiger charge is 2.46. The Kier molecular flexibility index (Phi) is 13.9. The fourth-order valence-corrected chi connectivity index (χ4v) is 19.7. The molecule has 0 bridgehead atoms. The van der Waals surface area contributed by atoms with Crippen molar-refractivity contribution in [3.63, 3.8) is 0 Å². The molecule has 0 aliphatic carbocycles. The zero-order valence-corrected chi connectivity index (χ0v) is 72.1. The van der Waals surface area contributed by atoms with Gasteiger partial charge in [-0.25, -0.2) is 0 Å². The maximum atomic E-state index is 10.4. The monoisotopic (exact) mass is 1600 g/mol. The van der Waals surface area contributed by atoms with Gasteiger partial charge in [-0.2, -0.15) is 0 Å². The normalized spacial score (nSPS) is 14.8. The van der Waals surface area contributed by atoms with Crippen molar-refractivity contribution in [2.24, 2.45) is 0 Å². The van der Waals surface area contributed by atoms with Crippen LogP contribution < -0.4 is 26.2 Å². The van der Waals surface area contributed by atoms with Gasteiger partial charge >= 0.3 is 0 Å². The van der Waals surface area contributed by atoms with Gasteiger partial charge in [0.1, 0.15) is 0 Å². The Balaban J connectivity index is 0.950. The minimum Gasteiger partial charge on any atom is -0.310 e. The molecule has 20 aromatic rings. The van der Waals surface area contributed by atoms with Crippen molar-refractivity contribution in [1.29, 1.82) is 0 Å². The van der Waals surface area contributed by atoms with Crippen LogP contribution in [0.4, 0.5) is 34.1 Å². The highest BCUT2D eigenvalue weighted by Crippen LogP contribution is 2.56.